The maximum Gasteiger partial charge on any atom is 0.232 e. The van der Waals surface area contributed by atoms with Crippen LogP contribution in [0.1, 0.15) is 26.2 Å². The van der Waals surface area contributed by atoms with Crippen molar-refractivity contribution in [2.45, 2.75) is 32.2 Å². The molecule has 0 radical (unpaired) electrons. The standard InChI is InChI=1S/C17H27ClN6OS/c1-13-4-2-3-6-24(13)15-12-14(18)20-16(21-15)22-17(26)19-5-7-23-8-10-25-11-9-23/h12-13H,2-11H2,1H3,(H2,19,20,21,22,26). The number of anilines is 2. The van der Waals surface area contributed by atoms with Gasteiger partial charge < -0.3 is 20.3 Å². The molecule has 0 amide bonds. The number of hydrogen-bond donors (Lipinski definition) is 2. The fraction of sp³-hybridized carbons (Fsp3) is 0.706. The van der Waals surface area contributed by atoms with E-state index in [0.29, 0.717) is 22.3 Å². The summed E-state index contributed by atoms with van der Waals surface area (Å²) in [6.07, 6.45) is 3.61. The molecule has 1 aromatic rings. The van der Waals surface area contributed by atoms with Gasteiger partial charge in [-0.3, -0.25) is 4.90 Å². The number of nitrogens with zero attached hydrogens (tertiary/aromatic N) is 4. The Labute approximate surface area is 165 Å². The van der Waals surface area contributed by atoms with E-state index in [4.69, 9.17) is 28.6 Å². The lowest BCUT2D eigenvalue weighted by Crippen LogP contribution is -2.42. The number of aromatic nitrogens is 2. The Morgan fingerprint density at radius 1 is 1.31 bits per heavy atom. The number of piperidine rings is 1. The summed E-state index contributed by atoms with van der Waals surface area (Å²) < 4.78 is 5.35. The van der Waals surface area contributed by atoms with Crippen LogP contribution in [0, 0.1) is 0 Å². The summed E-state index contributed by atoms with van der Waals surface area (Å²) >= 11 is 11.6. The molecule has 2 aliphatic heterocycles. The second kappa shape index (κ2) is 9.64. The lowest BCUT2D eigenvalue weighted by molar-refractivity contribution is 0.0389. The molecule has 1 atom stereocenters. The first-order valence-corrected chi connectivity index (χ1v) is 10.1. The molecule has 3 heterocycles. The summed E-state index contributed by atoms with van der Waals surface area (Å²) in [4.78, 5) is 13.5. The molecule has 0 aromatic carbocycles. The van der Waals surface area contributed by atoms with Crippen LogP contribution in [-0.2, 0) is 4.74 Å². The van der Waals surface area contributed by atoms with Crippen molar-refractivity contribution in [1.29, 1.82) is 0 Å². The molecule has 9 heteroatoms. The Morgan fingerprint density at radius 3 is 2.88 bits per heavy atom. The van der Waals surface area contributed by atoms with Crippen LogP contribution in [-0.4, -0.2) is 72.0 Å². The van der Waals surface area contributed by atoms with Crippen molar-refractivity contribution in [1.82, 2.24) is 20.2 Å². The molecule has 1 aromatic heterocycles. The normalized spacial score (nSPS) is 21.5. The fourth-order valence-corrected chi connectivity index (χ4v) is 3.72. The van der Waals surface area contributed by atoms with E-state index in [1.165, 1.54) is 19.3 Å². The Kier molecular flexibility index (Phi) is 7.24. The molecule has 2 N–H and O–H groups in total. The maximum absolute atomic E-state index is 6.21. The third kappa shape index (κ3) is 5.64. The zero-order valence-electron chi connectivity index (χ0n) is 15.2. The van der Waals surface area contributed by atoms with E-state index in [-0.39, 0.29) is 0 Å². The summed E-state index contributed by atoms with van der Waals surface area (Å²) in [7, 11) is 0. The molecule has 0 saturated carbocycles. The van der Waals surface area contributed by atoms with Gasteiger partial charge in [-0.2, -0.15) is 4.98 Å². The van der Waals surface area contributed by atoms with Gasteiger partial charge in [0.05, 0.1) is 13.2 Å². The molecule has 0 bridgehead atoms. The quantitative estimate of drug-likeness (QED) is 0.577. The zero-order valence-corrected chi connectivity index (χ0v) is 16.8. The van der Waals surface area contributed by atoms with E-state index < -0.39 is 0 Å². The van der Waals surface area contributed by atoms with Crippen molar-refractivity contribution in [3.8, 4) is 0 Å². The van der Waals surface area contributed by atoms with E-state index in [1.807, 2.05) is 6.07 Å². The lowest BCUT2D eigenvalue weighted by atomic mass is 10.0. The van der Waals surface area contributed by atoms with Crippen LogP contribution in [0.4, 0.5) is 11.8 Å². The van der Waals surface area contributed by atoms with Gasteiger partial charge in [0.1, 0.15) is 11.0 Å². The number of morpholine rings is 1. The highest BCUT2D eigenvalue weighted by Gasteiger charge is 2.21. The number of nitrogens with one attached hydrogen (secondary N) is 2. The number of hydrogen-bond acceptors (Lipinski definition) is 6. The van der Waals surface area contributed by atoms with Gasteiger partial charge in [-0.15, -0.1) is 0 Å². The van der Waals surface area contributed by atoms with Crippen molar-refractivity contribution in [2.75, 3.05) is 56.2 Å². The van der Waals surface area contributed by atoms with E-state index in [1.54, 1.807) is 0 Å². The SMILES string of the molecule is CC1CCCCN1c1cc(Cl)nc(NC(=S)NCCN2CCOCC2)n1. The minimum atomic E-state index is 0.423. The number of rotatable bonds is 5. The third-order valence-electron chi connectivity index (χ3n) is 4.82. The van der Waals surface area contributed by atoms with Gasteiger partial charge in [0.2, 0.25) is 5.95 Å². The highest BCUT2D eigenvalue weighted by Crippen LogP contribution is 2.25. The molecular formula is C17H27ClN6OS. The number of thiocarbonyl (C=S) groups is 1. The summed E-state index contributed by atoms with van der Waals surface area (Å²) in [5.41, 5.74) is 0. The minimum absolute atomic E-state index is 0.423. The predicted octanol–water partition coefficient (Wildman–Crippen LogP) is 2.13. The van der Waals surface area contributed by atoms with Gasteiger partial charge in [0, 0.05) is 44.8 Å². The largest absolute Gasteiger partial charge is 0.379 e. The molecule has 2 saturated heterocycles. The average molecular weight is 399 g/mol. The highest BCUT2D eigenvalue weighted by molar-refractivity contribution is 7.80. The van der Waals surface area contributed by atoms with Crippen LogP contribution in [0.2, 0.25) is 5.15 Å². The maximum atomic E-state index is 6.21. The van der Waals surface area contributed by atoms with Crippen molar-refractivity contribution in [3.05, 3.63) is 11.2 Å². The first kappa shape index (κ1) is 19.5. The average Bonchev–Trinajstić information content (AvgIpc) is 2.62. The van der Waals surface area contributed by atoms with Gasteiger partial charge >= 0.3 is 0 Å². The molecule has 7 nitrogen and oxygen atoms in total. The van der Waals surface area contributed by atoms with Gasteiger partial charge in [0.25, 0.3) is 0 Å². The van der Waals surface area contributed by atoms with Crippen LogP contribution < -0.4 is 15.5 Å². The summed E-state index contributed by atoms with van der Waals surface area (Å²) in [5.74, 6) is 1.30. The van der Waals surface area contributed by atoms with Crippen molar-refractivity contribution in [2.24, 2.45) is 0 Å². The monoisotopic (exact) mass is 398 g/mol. The topological polar surface area (TPSA) is 65.6 Å². The Hall–Kier alpha value is -1.22. The van der Waals surface area contributed by atoms with Crippen LogP contribution in [0.15, 0.2) is 6.07 Å². The van der Waals surface area contributed by atoms with E-state index in [9.17, 15) is 0 Å². The first-order valence-electron chi connectivity index (χ1n) is 9.28. The van der Waals surface area contributed by atoms with E-state index in [0.717, 1.165) is 51.8 Å². The highest BCUT2D eigenvalue weighted by atomic mass is 35.5. The molecule has 2 aliphatic rings. The Bertz CT molecular complexity index is 613. The van der Waals surface area contributed by atoms with Gasteiger partial charge in [-0.1, -0.05) is 11.6 Å². The number of halogens is 1. The molecule has 0 spiro atoms. The Morgan fingerprint density at radius 2 is 2.12 bits per heavy atom. The van der Waals surface area contributed by atoms with E-state index >= 15 is 0 Å². The smallest absolute Gasteiger partial charge is 0.232 e. The van der Waals surface area contributed by atoms with Crippen LogP contribution in [0.5, 0.6) is 0 Å². The van der Waals surface area contributed by atoms with Crippen molar-refractivity contribution < 1.29 is 4.74 Å². The molecule has 2 fully saturated rings. The second-order valence-corrected chi connectivity index (χ2v) is 7.54. The minimum Gasteiger partial charge on any atom is -0.379 e. The zero-order chi connectivity index (χ0) is 18.4. The lowest BCUT2D eigenvalue weighted by Gasteiger charge is -2.34. The van der Waals surface area contributed by atoms with E-state index in [2.05, 4.69) is 37.3 Å². The fourth-order valence-electron chi connectivity index (χ4n) is 3.35. The van der Waals surface area contributed by atoms with Gasteiger partial charge in [-0.25, -0.2) is 4.98 Å². The summed E-state index contributed by atoms with van der Waals surface area (Å²) in [5, 5.41) is 7.20. The number of ether oxygens (including phenoxy) is 1. The first-order chi connectivity index (χ1) is 12.6. The van der Waals surface area contributed by atoms with Gasteiger partial charge in [0.15, 0.2) is 5.11 Å². The molecular weight excluding hydrogens is 372 g/mol. The van der Waals surface area contributed by atoms with Crippen LogP contribution >= 0.6 is 23.8 Å². The van der Waals surface area contributed by atoms with Crippen LogP contribution in [0.3, 0.4) is 0 Å². The summed E-state index contributed by atoms with van der Waals surface area (Å²) in [6.45, 7) is 8.46. The van der Waals surface area contributed by atoms with Gasteiger partial charge in [-0.05, 0) is 38.4 Å². The van der Waals surface area contributed by atoms with Crippen LogP contribution in [0.25, 0.3) is 0 Å². The molecule has 3 rings (SSSR count). The third-order valence-corrected chi connectivity index (χ3v) is 5.26. The molecule has 144 valence electrons. The predicted molar refractivity (Wildman–Crippen MR) is 109 cm³/mol. The molecule has 1 unspecified atom stereocenters. The van der Waals surface area contributed by atoms with Crippen molar-refractivity contribution in [3.63, 3.8) is 0 Å². The molecule has 26 heavy (non-hydrogen) atoms. The van der Waals surface area contributed by atoms with Crippen molar-refractivity contribution >= 4 is 40.7 Å². The summed E-state index contributed by atoms with van der Waals surface area (Å²) in [6, 6.07) is 2.28. The second-order valence-electron chi connectivity index (χ2n) is 6.75. The Balaban J connectivity index is 1.52. The molecule has 0 aliphatic carbocycles.